The molecule has 8 nitrogen and oxygen atoms in total. The van der Waals surface area contributed by atoms with E-state index < -0.39 is 10.0 Å². The van der Waals surface area contributed by atoms with Crippen molar-refractivity contribution in [2.75, 3.05) is 46.3 Å². The van der Waals surface area contributed by atoms with E-state index in [1.807, 2.05) is 30.3 Å². The summed E-state index contributed by atoms with van der Waals surface area (Å²) in [6, 6.07) is 16.6. The molecule has 2 aliphatic heterocycles. The maximum atomic E-state index is 12.7. The second-order valence-electron chi connectivity index (χ2n) is 8.22. The lowest BCUT2D eigenvalue weighted by Gasteiger charge is -2.35. The lowest BCUT2D eigenvalue weighted by atomic mass is 10.1. The number of benzene rings is 2. The van der Waals surface area contributed by atoms with Crippen molar-refractivity contribution in [2.24, 2.45) is 4.99 Å². The van der Waals surface area contributed by atoms with Crippen LogP contribution in [0.3, 0.4) is 0 Å². The number of sulfonamides is 1. The third-order valence-corrected chi connectivity index (χ3v) is 7.24. The molecule has 2 N–H and O–H groups in total. The fraction of sp³-hybridized carbons (Fsp3) is 0.391. The first-order valence-electron chi connectivity index (χ1n) is 10.8. The first kappa shape index (κ1) is 22.4. The normalized spacial score (nSPS) is 20.5. The van der Waals surface area contributed by atoms with Gasteiger partial charge in [-0.1, -0.05) is 42.5 Å². The second-order valence-corrected chi connectivity index (χ2v) is 9.87. The zero-order chi connectivity index (χ0) is 22.6. The second kappa shape index (κ2) is 9.81. The van der Waals surface area contributed by atoms with Crippen LogP contribution in [0, 0.1) is 0 Å². The summed E-state index contributed by atoms with van der Waals surface area (Å²) in [4.78, 5) is 22.0. The summed E-state index contributed by atoms with van der Waals surface area (Å²) in [6.07, 6.45) is 0.180. The Labute approximate surface area is 189 Å². The summed E-state index contributed by atoms with van der Waals surface area (Å²) in [5.41, 5.74) is 1.62. The van der Waals surface area contributed by atoms with E-state index >= 15 is 0 Å². The van der Waals surface area contributed by atoms with Crippen LogP contribution in [0.2, 0.25) is 0 Å². The van der Waals surface area contributed by atoms with Crippen molar-refractivity contribution in [3.05, 3.63) is 65.7 Å². The van der Waals surface area contributed by atoms with E-state index in [0.29, 0.717) is 11.4 Å². The molecule has 32 heavy (non-hydrogen) atoms. The van der Waals surface area contributed by atoms with Crippen LogP contribution < -0.4 is 10.0 Å². The van der Waals surface area contributed by atoms with Gasteiger partial charge in [-0.05, 0) is 24.7 Å². The summed E-state index contributed by atoms with van der Waals surface area (Å²) in [5.74, 6) is 0.192. The average molecular weight is 456 g/mol. The number of amidine groups is 1. The number of fused-ring (bicyclic) bond motifs is 1. The molecule has 0 saturated carbocycles. The Morgan fingerprint density at radius 3 is 2.50 bits per heavy atom. The molecule has 9 heteroatoms. The molecule has 2 heterocycles. The van der Waals surface area contributed by atoms with Gasteiger partial charge >= 0.3 is 0 Å². The van der Waals surface area contributed by atoms with Crippen LogP contribution in [0.1, 0.15) is 23.6 Å². The molecule has 170 valence electrons. The number of amides is 1. The highest BCUT2D eigenvalue weighted by Crippen LogP contribution is 2.22. The van der Waals surface area contributed by atoms with E-state index in [9.17, 15) is 13.2 Å². The molecule has 1 amide bonds. The highest BCUT2D eigenvalue weighted by atomic mass is 32.2. The van der Waals surface area contributed by atoms with Crippen molar-refractivity contribution in [3.8, 4) is 0 Å². The van der Waals surface area contributed by atoms with Crippen molar-refractivity contribution in [1.82, 2.24) is 19.8 Å². The van der Waals surface area contributed by atoms with Crippen LogP contribution in [0.5, 0.6) is 0 Å². The molecule has 0 aliphatic carbocycles. The Hall–Kier alpha value is -2.75. The molecular formula is C23H29N5O3S. The van der Waals surface area contributed by atoms with Crippen LogP contribution in [-0.2, 0) is 14.8 Å². The third-order valence-electron chi connectivity index (χ3n) is 5.85. The van der Waals surface area contributed by atoms with Crippen molar-refractivity contribution in [3.63, 3.8) is 0 Å². The van der Waals surface area contributed by atoms with Gasteiger partial charge in [-0.2, -0.15) is 0 Å². The molecule has 0 aromatic heterocycles. The van der Waals surface area contributed by atoms with Gasteiger partial charge in [-0.3, -0.25) is 19.4 Å². The SMILES string of the molecule is CN1CCN(CC(NC(=O)CCN=C2NS(=O)(=O)c3ccccc32)c2ccccc2)CC1. The van der Waals surface area contributed by atoms with Crippen molar-refractivity contribution < 1.29 is 13.2 Å². The van der Waals surface area contributed by atoms with E-state index in [4.69, 9.17) is 0 Å². The van der Waals surface area contributed by atoms with Crippen LogP contribution in [0.25, 0.3) is 0 Å². The molecule has 2 aromatic carbocycles. The summed E-state index contributed by atoms with van der Waals surface area (Å²) in [7, 11) is -1.45. The van der Waals surface area contributed by atoms with Gasteiger partial charge in [-0.25, -0.2) is 8.42 Å². The number of carbonyl (C=O) groups excluding carboxylic acids is 1. The minimum absolute atomic E-state index is 0.105. The molecule has 0 bridgehead atoms. The van der Waals surface area contributed by atoms with E-state index in [-0.39, 0.29) is 29.8 Å². The predicted molar refractivity (Wildman–Crippen MR) is 124 cm³/mol. The molecule has 0 radical (unpaired) electrons. The highest BCUT2D eigenvalue weighted by Gasteiger charge is 2.30. The van der Waals surface area contributed by atoms with Crippen LogP contribution in [-0.4, -0.2) is 76.3 Å². The monoisotopic (exact) mass is 455 g/mol. The Kier molecular flexibility index (Phi) is 6.88. The van der Waals surface area contributed by atoms with Crippen LogP contribution >= 0.6 is 0 Å². The number of likely N-dealkylation sites (N-methyl/N-ethyl adjacent to an activating group) is 1. The van der Waals surface area contributed by atoms with E-state index in [2.05, 4.69) is 31.9 Å². The van der Waals surface area contributed by atoms with Gasteiger partial charge < -0.3 is 10.2 Å². The Balaban J connectivity index is 1.38. The Bertz CT molecular complexity index is 1080. The molecule has 1 unspecified atom stereocenters. The molecule has 4 rings (SSSR count). The molecule has 2 aromatic rings. The van der Waals surface area contributed by atoms with Gasteiger partial charge in [0.25, 0.3) is 10.0 Å². The van der Waals surface area contributed by atoms with Gasteiger partial charge in [0.1, 0.15) is 5.84 Å². The number of carbonyl (C=O) groups is 1. The van der Waals surface area contributed by atoms with Crippen LogP contribution in [0.4, 0.5) is 0 Å². The Morgan fingerprint density at radius 2 is 1.75 bits per heavy atom. The maximum absolute atomic E-state index is 12.7. The largest absolute Gasteiger partial charge is 0.348 e. The van der Waals surface area contributed by atoms with Crippen molar-refractivity contribution in [1.29, 1.82) is 0 Å². The molecule has 1 fully saturated rings. The van der Waals surface area contributed by atoms with Gasteiger partial charge in [0.2, 0.25) is 5.91 Å². The third kappa shape index (κ3) is 5.35. The lowest BCUT2D eigenvalue weighted by Crippen LogP contribution is -2.47. The topological polar surface area (TPSA) is 94.1 Å². The number of piperazine rings is 1. The van der Waals surface area contributed by atoms with E-state index in [1.165, 1.54) is 0 Å². The number of rotatable bonds is 7. The smallest absolute Gasteiger partial charge is 0.263 e. The minimum atomic E-state index is -3.57. The summed E-state index contributed by atoms with van der Waals surface area (Å²) < 4.78 is 26.9. The first-order chi connectivity index (χ1) is 15.4. The standard InChI is InChI=1S/C23H29N5O3S/c1-27-13-15-28(16-14-27)17-20(18-7-3-2-4-8-18)25-22(29)11-12-24-23-19-9-5-6-10-21(19)32(30,31)26-23/h2-10,20H,11-17H2,1H3,(H,24,26)(H,25,29). The van der Waals surface area contributed by atoms with Crippen molar-refractivity contribution in [2.45, 2.75) is 17.4 Å². The molecule has 2 aliphatic rings. The predicted octanol–water partition coefficient (Wildman–Crippen LogP) is 1.22. The fourth-order valence-electron chi connectivity index (χ4n) is 4.00. The Morgan fingerprint density at radius 1 is 1.06 bits per heavy atom. The van der Waals surface area contributed by atoms with Gasteiger partial charge in [0, 0.05) is 44.7 Å². The first-order valence-corrected chi connectivity index (χ1v) is 12.3. The molecule has 0 spiro atoms. The zero-order valence-corrected chi connectivity index (χ0v) is 19.0. The average Bonchev–Trinajstić information content (AvgIpc) is 3.06. The minimum Gasteiger partial charge on any atom is -0.348 e. The van der Waals surface area contributed by atoms with E-state index in [0.717, 1.165) is 38.3 Å². The summed E-state index contributed by atoms with van der Waals surface area (Å²) in [5, 5.41) is 3.15. The number of nitrogens with zero attached hydrogens (tertiary/aromatic N) is 3. The molecule has 1 saturated heterocycles. The van der Waals surface area contributed by atoms with Crippen molar-refractivity contribution >= 4 is 21.8 Å². The maximum Gasteiger partial charge on any atom is 0.263 e. The highest BCUT2D eigenvalue weighted by molar-refractivity contribution is 7.90. The molecular weight excluding hydrogens is 426 g/mol. The fourth-order valence-corrected chi connectivity index (χ4v) is 5.25. The summed E-state index contributed by atoms with van der Waals surface area (Å²) >= 11 is 0. The number of nitrogens with one attached hydrogen (secondary N) is 2. The molecule has 1 atom stereocenters. The number of aliphatic imine (C=N–C) groups is 1. The van der Waals surface area contributed by atoms with Gasteiger partial charge in [0.05, 0.1) is 17.5 Å². The van der Waals surface area contributed by atoms with Gasteiger partial charge in [0.15, 0.2) is 0 Å². The lowest BCUT2D eigenvalue weighted by molar-refractivity contribution is -0.121. The van der Waals surface area contributed by atoms with Crippen LogP contribution in [0.15, 0.2) is 64.5 Å². The number of hydrogen-bond acceptors (Lipinski definition) is 6. The number of hydrogen-bond donors (Lipinski definition) is 2. The van der Waals surface area contributed by atoms with E-state index in [1.54, 1.807) is 24.3 Å². The zero-order valence-electron chi connectivity index (χ0n) is 18.2. The van der Waals surface area contributed by atoms with Gasteiger partial charge in [-0.15, -0.1) is 0 Å². The quantitative estimate of drug-likeness (QED) is 0.655. The summed E-state index contributed by atoms with van der Waals surface area (Å²) in [6.45, 7) is 4.94.